The van der Waals surface area contributed by atoms with Crippen molar-refractivity contribution < 1.29 is 15.0 Å². The van der Waals surface area contributed by atoms with E-state index in [2.05, 4.69) is 5.32 Å². The highest BCUT2D eigenvalue weighted by atomic mass is 16.3. The number of hydrogen-bond donors (Lipinski definition) is 3. The van der Waals surface area contributed by atoms with Gasteiger partial charge >= 0.3 is 6.03 Å². The van der Waals surface area contributed by atoms with Gasteiger partial charge in [-0.15, -0.1) is 0 Å². The maximum atomic E-state index is 10.7. The van der Waals surface area contributed by atoms with Crippen LogP contribution in [0.3, 0.4) is 0 Å². The van der Waals surface area contributed by atoms with E-state index < -0.39 is 0 Å². The largest absolute Gasteiger partial charge is 0.395 e. The van der Waals surface area contributed by atoms with Gasteiger partial charge in [-0.25, -0.2) is 4.79 Å². The van der Waals surface area contributed by atoms with E-state index in [9.17, 15) is 4.79 Å². The molecule has 3 N–H and O–H groups in total. The second kappa shape index (κ2) is 5.82. The molecule has 1 heterocycles. The summed E-state index contributed by atoms with van der Waals surface area (Å²) >= 11 is 0. The van der Waals surface area contributed by atoms with E-state index in [1.165, 1.54) is 6.42 Å². The molecule has 0 aromatic rings. The van der Waals surface area contributed by atoms with E-state index in [1.54, 1.807) is 4.90 Å². The number of carbonyl (C=O) groups excluding carboxylic acids is 1. The molecule has 2 aliphatic rings. The summed E-state index contributed by atoms with van der Waals surface area (Å²) in [5.41, 5.74) is 0. The Hall–Kier alpha value is -0.810. The number of nitrogens with zero attached hydrogens (tertiary/aromatic N) is 1. The smallest absolute Gasteiger partial charge is 0.317 e. The summed E-state index contributed by atoms with van der Waals surface area (Å²) in [7, 11) is 0. The summed E-state index contributed by atoms with van der Waals surface area (Å²) in [5, 5.41) is 19.5. The Bertz CT molecular complexity index is 183. The molecule has 0 radical (unpaired) electrons. The normalized spacial score (nSPS) is 21.0. The summed E-state index contributed by atoms with van der Waals surface area (Å²) < 4.78 is 0. The van der Waals surface area contributed by atoms with Crippen LogP contribution in [0.5, 0.6) is 0 Å². The van der Waals surface area contributed by atoms with Crippen LogP contribution in [0.25, 0.3) is 0 Å². The molecule has 1 saturated heterocycles. The van der Waals surface area contributed by atoms with Gasteiger partial charge in [0, 0.05) is 19.6 Å². The zero-order valence-corrected chi connectivity index (χ0v) is 8.28. The first-order valence-corrected chi connectivity index (χ1v) is 5.05. The number of carbonyl (C=O) groups is 1. The van der Waals surface area contributed by atoms with Crippen molar-refractivity contribution in [3.63, 3.8) is 0 Å². The number of rotatable bonds is 2. The van der Waals surface area contributed by atoms with Crippen molar-refractivity contribution in [1.29, 1.82) is 0 Å². The number of nitrogens with one attached hydrogen (secondary N) is 1. The van der Waals surface area contributed by atoms with Gasteiger partial charge in [-0.3, -0.25) is 0 Å². The summed E-state index contributed by atoms with van der Waals surface area (Å²) in [6.07, 6.45) is 3.39. The lowest BCUT2D eigenvalue weighted by molar-refractivity contribution is 0.0950. The molecule has 1 saturated carbocycles. The first-order valence-electron chi connectivity index (χ1n) is 5.05. The van der Waals surface area contributed by atoms with Crippen LogP contribution in [0.4, 0.5) is 4.79 Å². The maximum Gasteiger partial charge on any atom is 0.317 e. The van der Waals surface area contributed by atoms with Gasteiger partial charge in [-0.05, 0) is 19.3 Å². The van der Waals surface area contributed by atoms with Gasteiger partial charge in [0.25, 0.3) is 0 Å². The van der Waals surface area contributed by atoms with Gasteiger partial charge in [-0.1, -0.05) is 0 Å². The fourth-order valence-corrected chi connectivity index (χ4v) is 1.23. The van der Waals surface area contributed by atoms with Gasteiger partial charge in [0.2, 0.25) is 0 Å². The third-order valence-electron chi connectivity index (χ3n) is 2.39. The number of β-amino-alcohol motifs (C(OH)–C–C–N with tert-alkyl or cyclic N) is 1. The standard InChI is InChI=1S/C5H10N2O2.C4H8O/c8-4-3-7-2-1-6-5(7)9;5-4-2-1-3-4/h8H,1-4H2,(H,6,9);4-5H,1-3H2. The van der Waals surface area contributed by atoms with Crippen molar-refractivity contribution in [2.24, 2.45) is 0 Å². The summed E-state index contributed by atoms with van der Waals surface area (Å²) in [4.78, 5) is 12.3. The van der Waals surface area contributed by atoms with Gasteiger partial charge in [0.05, 0.1) is 12.7 Å². The van der Waals surface area contributed by atoms with Gasteiger partial charge in [0.15, 0.2) is 0 Å². The molecular weight excluding hydrogens is 184 g/mol. The molecule has 0 spiro atoms. The molecule has 0 aromatic heterocycles. The third-order valence-corrected chi connectivity index (χ3v) is 2.39. The Morgan fingerprint density at radius 1 is 1.50 bits per heavy atom. The number of amides is 2. The molecule has 1 aliphatic carbocycles. The van der Waals surface area contributed by atoms with Gasteiger partial charge < -0.3 is 20.4 Å². The van der Waals surface area contributed by atoms with Crippen molar-refractivity contribution >= 4 is 6.03 Å². The Kier molecular flexibility index (Phi) is 4.69. The molecule has 1 aliphatic heterocycles. The Morgan fingerprint density at radius 3 is 2.43 bits per heavy atom. The molecule has 2 rings (SSSR count). The molecule has 82 valence electrons. The van der Waals surface area contributed by atoms with E-state index in [1.807, 2.05) is 0 Å². The van der Waals surface area contributed by atoms with Crippen molar-refractivity contribution in [1.82, 2.24) is 10.2 Å². The van der Waals surface area contributed by atoms with Crippen LogP contribution in [-0.2, 0) is 0 Å². The molecule has 14 heavy (non-hydrogen) atoms. The van der Waals surface area contributed by atoms with E-state index in [-0.39, 0.29) is 18.7 Å². The molecular formula is C9H18N2O3. The molecule has 0 bridgehead atoms. The molecule has 0 aromatic carbocycles. The lowest BCUT2D eigenvalue weighted by Gasteiger charge is -2.17. The molecule has 5 heteroatoms. The molecule has 2 fully saturated rings. The Morgan fingerprint density at radius 2 is 2.14 bits per heavy atom. The van der Waals surface area contributed by atoms with E-state index in [4.69, 9.17) is 10.2 Å². The second-order valence-corrected chi connectivity index (χ2v) is 3.53. The number of hydrogen-bond acceptors (Lipinski definition) is 3. The topological polar surface area (TPSA) is 72.8 Å². The zero-order valence-electron chi connectivity index (χ0n) is 8.28. The first kappa shape index (κ1) is 11.3. The SMILES string of the molecule is O=C1NCCN1CCO.OC1CCC1. The highest BCUT2D eigenvalue weighted by molar-refractivity contribution is 5.76. The lowest BCUT2D eigenvalue weighted by atomic mass is 9.97. The average Bonchev–Trinajstić information content (AvgIpc) is 2.51. The highest BCUT2D eigenvalue weighted by Crippen LogP contribution is 2.16. The number of aliphatic hydroxyl groups is 2. The van der Waals surface area contributed by atoms with Crippen LogP contribution in [-0.4, -0.2) is 53.5 Å². The first-order chi connectivity index (χ1) is 6.74. The van der Waals surface area contributed by atoms with Crippen molar-refractivity contribution in [3.8, 4) is 0 Å². The average molecular weight is 202 g/mol. The van der Waals surface area contributed by atoms with Gasteiger partial charge in [0.1, 0.15) is 0 Å². The van der Waals surface area contributed by atoms with Crippen molar-refractivity contribution in [2.75, 3.05) is 26.2 Å². The highest BCUT2D eigenvalue weighted by Gasteiger charge is 2.17. The minimum Gasteiger partial charge on any atom is -0.395 e. The zero-order chi connectivity index (χ0) is 10.4. The monoisotopic (exact) mass is 202 g/mol. The fraction of sp³-hybridized carbons (Fsp3) is 0.889. The van der Waals surface area contributed by atoms with Crippen LogP contribution in [0.1, 0.15) is 19.3 Å². The van der Waals surface area contributed by atoms with Crippen LogP contribution in [0, 0.1) is 0 Å². The summed E-state index contributed by atoms with van der Waals surface area (Å²) in [5.74, 6) is 0. The van der Waals surface area contributed by atoms with E-state index >= 15 is 0 Å². The predicted molar refractivity (Wildman–Crippen MR) is 51.9 cm³/mol. The minimum atomic E-state index is -0.0657. The van der Waals surface area contributed by atoms with Crippen molar-refractivity contribution in [3.05, 3.63) is 0 Å². The Balaban J connectivity index is 0.000000165. The summed E-state index contributed by atoms with van der Waals surface area (Å²) in [6, 6.07) is -0.0657. The quantitative estimate of drug-likeness (QED) is 0.567. The predicted octanol–water partition coefficient (Wildman–Crippen LogP) is -0.465. The van der Waals surface area contributed by atoms with Crippen molar-refractivity contribution in [2.45, 2.75) is 25.4 Å². The third kappa shape index (κ3) is 3.51. The summed E-state index contributed by atoms with van der Waals surface area (Å²) in [6.45, 7) is 1.93. The second-order valence-electron chi connectivity index (χ2n) is 3.53. The Labute approximate surface area is 83.7 Å². The fourth-order valence-electron chi connectivity index (χ4n) is 1.23. The minimum absolute atomic E-state index is 0.0490. The molecule has 0 unspecified atom stereocenters. The molecule has 2 amide bonds. The van der Waals surface area contributed by atoms with Crippen LogP contribution >= 0.6 is 0 Å². The van der Waals surface area contributed by atoms with E-state index in [0.29, 0.717) is 13.1 Å². The van der Waals surface area contributed by atoms with Crippen LogP contribution in [0.2, 0.25) is 0 Å². The van der Waals surface area contributed by atoms with Crippen LogP contribution in [0.15, 0.2) is 0 Å². The maximum absolute atomic E-state index is 10.7. The lowest BCUT2D eigenvalue weighted by Crippen LogP contribution is -2.30. The van der Waals surface area contributed by atoms with Crippen LogP contribution < -0.4 is 5.32 Å². The molecule has 5 nitrogen and oxygen atoms in total. The van der Waals surface area contributed by atoms with E-state index in [0.717, 1.165) is 19.4 Å². The number of urea groups is 1. The number of aliphatic hydroxyl groups excluding tert-OH is 2. The van der Waals surface area contributed by atoms with Gasteiger partial charge in [-0.2, -0.15) is 0 Å². The molecule has 0 atom stereocenters.